The average Bonchev–Trinajstić information content (AvgIpc) is 2.55. The molecule has 1 heterocycles. The van der Waals surface area contributed by atoms with E-state index >= 15 is 0 Å². The summed E-state index contributed by atoms with van der Waals surface area (Å²) >= 11 is 0. The first kappa shape index (κ1) is 16.3. The number of rotatable bonds is 5. The number of benzene rings is 1. The molecule has 1 aliphatic heterocycles. The SMILES string of the molecule is C=CC(=O)NC1CCN(S(=O)(=O)c2ccc(N=O)cc2)CC1. The van der Waals surface area contributed by atoms with Crippen LogP contribution >= 0.6 is 0 Å². The molecule has 0 aliphatic carbocycles. The number of hydrogen-bond donors (Lipinski definition) is 1. The zero-order valence-corrected chi connectivity index (χ0v) is 12.8. The molecular formula is C14H17N3O4S. The Hall–Kier alpha value is -2.06. The van der Waals surface area contributed by atoms with Crippen molar-refractivity contribution in [2.24, 2.45) is 5.18 Å². The Balaban J connectivity index is 2.04. The maximum atomic E-state index is 12.5. The normalized spacial score (nSPS) is 16.9. The summed E-state index contributed by atoms with van der Waals surface area (Å²) in [6.07, 6.45) is 2.30. The molecule has 1 aromatic rings. The minimum Gasteiger partial charge on any atom is -0.350 e. The van der Waals surface area contributed by atoms with Gasteiger partial charge in [0, 0.05) is 19.1 Å². The van der Waals surface area contributed by atoms with E-state index in [0.717, 1.165) is 0 Å². The summed E-state index contributed by atoms with van der Waals surface area (Å²) in [4.78, 5) is 21.7. The van der Waals surface area contributed by atoms with Crippen molar-refractivity contribution >= 4 is 21.6 Å². The van der Waals surface area contributed by atoms with Crippen molar-refractivity contribution in [3.8, 4) is 0 Å². The topological polar surface area (TPSA) is 95.9 Å². The molecule has 0 radical (unpaired) electrons. The molecule has 0 saturated carbocycles. The number of piperidine rings is 1. The van der Waals surface area contributed by atoms with Gasteiger partial charge in [-0.05, 0) is 48.4 Å². The molecule has 1 aliphatic rings. The van der Waals surface area contributed by atoms with Gasteiger partial charge in [-0.2, -0.15) is 4.31 Å². The van der Waals surface area contributed by atoms with Crippen molar-refractivity contribution in [3.05, 3.63) is 41.8 Å². The van der Waals surface area contributed by atoms with Crippen LogP contribution in [0.25, 0.3) is 0 Å². The highest BCUT2D eigenvalue weighted by Gasteiger charge is 2.29. The van der Waals surface area contributed by atoms with Gasteiger partial charge in [-0.15, -0.1) is 4.91 Å². The number of nitrogens with one attached hydrogen (secondary N) is 1. The summed E-state index contributed by atoms with van der Waals surface area (Å²) in [7, 11) is -3.59. The van der Waals surface area contributed by atoms with E-state index in [1.54, 1.807) is 0 Å². The summed E-state index contributed by atoms with van der Waals surface area (Å²) < 4.78 is 26.4. The Labute approximate surface area is 129 Å². The fourth-order valence-electron chi connectivity index (χ4n) is 2.33. The van der Waals surface area contributed by atoms with Crippen LogP contribution < -0.4 is 5.32 Å². The molecule has 2 rings (SSSR count). The molecule has 0 spiro atoms. The molecule has 0 unspecified atom stereocenters. The summed E-state index contributed by atoms with van der Waals surface area (Å²) in [6, 6.07) is 5.45. The van der Waals surface area contributed by atoms with Crippen LogP contribution in [0.2, 0.25) is 0 Å². The molecule has 8 heteroatoms. The third-order valence-electron chi connectivity index (χ3n) is 3.57. The number of carbonyl (C=O) groups is 1. The Kier molecular flexibility index (Phi) is 5.04. The van der Waals surface area contributed by atoms with E-state index in [4.69, 9.17) is 0 Å². The third-order valence-corrected chi connectivity index (χ3v) is 5.48. The van der Waals surface area contributed by atoms with Crippen LogP contribution in [0.15, 0.2) is 47.0 Å². The number of hydrogen-bond acceptors (Lipinski definition) is 5. The van der Waals surface area contributed by atoms with Gasteiger partial charge in [0.05, 0.1) is 4.90 Å². The van der Waals surface area contributed by atoms with Crippen LogP contribution in [0.4, 0.5) is 5.69 Å². The molecular weight excluding hydrogens is 306 g/mol. The van der Waals surface area contributed by atoms with Crippen LogP contribution in [0.5, 0.6) is 0 Å². The molecule has 1 amide bonds. The lowest BCUT2D eigenvalue weighted by molar-refractivity contribution is -0.117. The predicted molar refractivity (Wildman–Crippen MR) is 82.0 cm³/mol. The number of sulfonamides is 1. The third kappa shape index (κ3) is 3.58. The van der Waals surface area contributed by atoms with Crippen molar-refractivity contribution in [2.75, 3.05) is 13.1 Å². The molecule has 1 N–H and O–H groups in total. The molecule has 1 fully saturated rings. The molecule has 0 bridgehead atoms. The van der Waals surface area contributed by atoms with Crippen molar-refractivity contribution in [3.63, 3.8) is 0 Å². The van der Waals surface area contributed by atoms with E-state index in [-0.39, 0.29) is 22.5 Å². The minimum absolute atomic E-state index is 0.0430. The lowest BCUT2D eigenvalue weighted by Gasteiger charge is -2.31. The highest BCUT2D eigenvalue weighted by atomic mass is 32.2. The summed E-state index contributed by atoms with van der Waals surface area (Å²) in [5.74, 6) is -0.252. The highest BCUT2D eigenvalue weighted by molar-refractivity contribution is 7.89. The van der Waals surface area contributed by atoms with E-state index in [9.17, 15) is 18.1 Å². The van der Waals surface area contributed by atoms with E-state index in [1.165, 1.54) is 34.6 Å². The van der Waals surface area contributed by atoms with Gasteiger partial charge in [-0.1, -0.05) is 6.58 Å². The van der Waals surface area contributed by atoms with Crippen molar-refractivity contribution < 1.29 is 13.2 Å². The standard InChI is InChI=1S/C14H17N3O4S/c1-2-14(18)15-11-7-9-17(10-8-11)22(20,21)13-5-3-12(16-19)4-6-13/h2-6,11H,1,7-10H2,(H,15,18). The van der Waals surface area contributed by atoms with E-state index in [0.29, 0.717) is 25.9 Å². The van der Waals surface area contributed by atoms with Crippen molar-refractivity contribution in [1.82, 2.24) is 9.62 Å². The first-order chi connectivity index (χ1) is 10.5. The maximum absolute atomic E-state index is 12.5. The number of nitroso groups, excluding NO2 is 1. The smallest absolute Gasteiger partial charge is 0.243 e. The van der Waals surface area contributed by atoms with E-state index in [2.05, 4.69) is 17.1 Å². The van der Waals surface area contributed by atoms with Crippen LogP contribution in [0, 0.1) is 4.91 Å². The van der Waals surface area contributed by atoms with Gasteiger partial charge < -0.3 is 5.32 Å². The summed E-state index contributed by atoms with van der Waals surface area (Å²) in [5, 5.41) is 5.51. The van der Waals surface area contributed by atoms with Gasteiger partial charge >= 0.3 is 0 Å². The fraction of sp³-hybridized carbons (Fsp3) is 0.357. The first-order valence-electron chi connectivity index (χ1n) is 6.84. The predicted octanol–water partition coefficient (Wildman–Crippen LogP) is 1.54. The highest BCUT2D eigenvalue weighted by Crippen LogP contribution is 2.22. The van der Waals surface area contributed by atoms with Crippen LogP contribution in [-0.2, 0) is 14.8 Å². The quantitative estimate of drug-likeness (QED) is 0.656. The molecule has 0 aromatic heterocycles. The van der Waals surface area contributed by atoms with Gasteiger partial charge in [0.15, 0.2) is 0 Å². The second-order valence-corrected chi connectivity index (χ2v) is 6.91. The zero-order valence-electron chi connectivity index (χ0n) is 11.9. The van der Waals surface area contributed by atoms with E-state index < -0.39 is 10.0 Å². The van der Waals surface area contributed by atoms with Gasteiger partial charge in [-0.3, -0.25) is 4.79 Å². The largest absolute Gasteiger partial charge is 0.350 e. The van der Waals surface area contributed by atoms with E-state index in [1.807, 2.05) is 0 Å². The lowest BCUT2D eigenvalue weighted by atomic mass is 10.1. The number of carbonyl (C=O) groups excluding carboxylic acids is 1. The number of nitrogens with zero attached hydrogens (tertiary/aromatic N) is 2. The van der Waals surface area contributed by atoms with Crippen LogP contribution in [-0.4, -0.2) is 37.8 Å². The molecule has 118 valence electrons. The Bertz CT molecular complexity index is 662. The molecule has 22 heavy (non-hydrogen) atoms. The summed E-state index contributed by atoms with van der Waals surface area (Å²) in [6.45, 7) is 4.05. The van der Waals surface area contributed by atoms with Gasteiger partial charge in [0.2, 0.25) is 15.9 Å². The van der Waals surface area contributed by atoms with Gasteiger partial charge in [-0.25, -0.2) is 8.42 Å². The molecule has 7 nitrogen and oxygen atoms in total. The van der Waals surface area contributed by atoms with Gasteiger partial charge in [0.25, 0.3) is 0 Å². The van der Waals surface area contributed by atoms with Crippen LogP contribution in [0.3, 0.4) is 0 Å². The fourth-order valence-corrected chi connectivity index (χ4v) is 3.80. The summed E-state index contributed by atoms with van der Waals surface area (Å²) in [5.41, 5.74) is 0.185. The minimum atomic E-state index is -3.59. The monoisotopic (exact) mass is 323 g/mol. The van der Waals surface area contributed by atoms with Crippen LogP contribution in [0.1, 0.15) is 12.8 Å². The lowest BCUT2D eigenvalue weighted by Crippen LogP contribution is -2.46. The second kappa shape index (κ2) is 6.80. The van der Waals surface area contributed by atoms with Crippen molar-refractivity contribution in [2.45, 2.75) is 23.8 Å². The maximum Gasteiger partial charge on any atom is 0.243 e. The first-order valence-corrected chi connectivity index (χ1v) is 8.28. The average molecular weight is 323 g/mol. The number of amides is 1. The Morgan fingerprint density at radius 2 is 1.86 bits per heavy atom. The molecule has 1 saturated heterocycles. The molecule has 1 aromatic carbocycles. The Morgan fingerprint density at radius 1 is 1.27 bits per heavy atom. The zero-order chi connectivity index (χ0) is 16.2. The second-order valence-electron chi connectivity index (χ2n) is 4.98. The van der Waals surface area contributed by atoms with Crippen molar-refractivity contribution in [1.29, 1.82) is 0 Å². The van der Waals surface area contributed by atoms with Gasteiger partial charge in [0.1, 0.15) is 5.69 Å². The molecule has 0 atom stereocenters. The Morgan fingerprint density at radius 3 is 2.36 bits per heavy atom.